The van der Waals surface area contributed by atoms with Gasteiger partial charge in [0.05, 0.1) is 0 Å². The van der Waals surface area contributed by atoms with E-state index in [0.717, 1.165) is 25.6 Å². The SMILES string of the molecule is CCN(CC)C(C)CNC(=NC)NC(C)C(C)C. The first kappa shape index (κ1) is 17.2. The molecule has 0 aromatic rings. The minimum absolute atomic E-state index is 0.431. The van der Waals surface area contributed by atoms with Gasteiger partial charge in [-0.05, 0) is 32.9 Å². The summed E-state index contributed by atoms with van der Waals surface area (Å²) in [5.74, 6) is 1.50. The van der Waals surface area contributed by atoms with Gasteiger partial charge >= 0.3 is 0 Å². The van der Waals surface area contributed by atoms with Crippen molar-refractivity contribution in [3.63, 3.8) is 0 Å². The third-order valence-corrected chi connectivity index (χ3v) is 3.59. The van der Waals surface area contributed by atoms with Gasteiger partial charge in [0.2, 0.25) is 0 Å². The summed E-state index contributed by atoms with van der Waals surface area (Å²) in [6.07, 6.45) is 0. The molecule has 0 bridgehead atoms. The van der Waals surface area contributed by atoms with E-state index in [1.807, 2.05) is 7.05 Å². The van der Waals surface area contributed by atoms with Crippen molar-refractivity contribution >= 4 is 5.96 Å². The number of nitrogens with zero attached hydrogens (tertiary/aromatic N) is 2. The van der Waals surface area contributed by atoms with Crippen molar-refractivity contribution in [1.29, 1.82) is 0 Å². The molecule has 0 heterocycles. The first-order valence-electron chi connectivity index (χ1n) is 7.17. The molecule has 0 saturated heterocycles. The summed E-state index contributed by atoms with van der Waals surface area (Å²) in [5, 5.41) is 6.82. The van der Waals surface area contributed by atoms with Gasteiger partial charge in [-0.15, -0.1) is 0 Å². The Morgan fingerprint density at radius 2 is 1.67 bits per heavy atom. The molecule has 0 aromatic heterocycles. The molecule has 0 radical (unpaired) electrons. The average molecular weight is 256 g/mol. The van der Waals surface area contributed by atoms with Crippen LogP contribution < -0.4 is 10.6 Å². The molecular formula is C14H32N4. The third kappa shape index (κ3) is 6.24. The van der Waals surface area contributed by atoms with Crippen LogP contribution in [-0.4, -0.2) is 49.6 Å². The molecule has 0 fully saturated rings. The minimum atomic E-state index is 0.431. The first-order chi connectivity index (χ1) is 8.46. The summed E-state index contributed by atoms with van der Waals surface area (Å²) in [5.41, 5.74) is 0. The molecule has 18 heavy (non-hydrogen) atoms. The number of likely N-dealkylation sites (N-methyl/N-ethyl adjacent to an activating group) is 1. The van der Waals surface area contributed by atoms with Gasteiger partial charge in [0.1, 0.15) is 0 Å². The maximum Gasteiger partial charge on any atom is 0.191 e. The van der Waals surface area contributed by atoms with Gasteiger partial charge in [0.15, 0.2) is 5.96 Å². The summed E-state index contributed by atoms with van der Waals surface area (Å²) in [4.78, 5) is 6.71. The largest absolute Gasteiger partial charge is 0.355 e. The van der Waals surface area contributed by atoms with Crippen LogP contribution in [0.25, 0.3) is 0 Å². The van der Waals surface area contributed by atoms with Crippen LogP contribution in [0, 0.1) is 5.92 Å². The minimum Gasteiger partial charge on any atom is -0.355 e. The van der Waals surface area contributed by atoms with E-state index in [1.54, 1.807) is 0 Å². The van der Waals surface area contributed by atoms with Crippen LogP contribution in [0.2, 0.25) is 0 Å². The molecule has 0 aliphatic rings. The van der Waals surface area contributed by atoms with Gasteiger partial charge in [-0.25, -0.2) is 0 Å². The Kier molecular flexibility index (Phi) is 8.81. The van der Waals surface area contributed by atoms with Crippen molar-refractivity contribution in [2.45, 2.75) is 53.6 Å². The van der Waals surface area contributed by atoms with Crippen LogP contribution in [-0.2, 0) is 0 Å². The summed E-state index contributed by atoms with van der Waals surface area (Å²) in [6, 6.07) is 0.952. The molecule has 4 nitrogen and oxygen atoms in total. The number of rotatable bonds is 7. The van der Waals surface area contributed by atoms with Gasteiger partial charge in [-0.2, -0.15) is 0 Å². The third-order valence-electron chi connectivity index (χ3n) is 3.59. The number of aliphatic imine (C=N–C) groups is 1. The van der Waals surface area contributed by atoms with Crippen LogP contribution in [0.3, 0.4) is 0 Å². The zero-order chi connectivity index (χ0) is 14.1. The lowest BCUT2D eigenvalue weighted by molar-refractivity contribution is 0.231. The summed E-state index contributed by atoms with van der Waals surface area (Å²) in [6.45, 7) is 16.4. The summed E-state index contributed by atoms with van der Waals surface area (Å²) in [7, 11) is 1.82. The molecule has 0 spiro atoms. The monoisotopic (exact) mass is 256 g/mol. The highest BCUT2D eigenvalue weighted by molar-refractivity contribution is 5.79. The Morgan fingerprint density at radius 1 is 1.11 bits per heavy atom. The zero-order valence-electron chi connectivity index (χ0n) is 13.2. The van der Waals surface area contributed by atoms with Crippen LogP contribution >= 0.6 is 0 Å². The molecule has 0 aromatic carbocycles. The van der Waals surface area contributed by atoms with Crippen LogP contribution in [0.5, 0.6) is 0 Å². The number of guanidine groups is 1. The molecule has 2 unspecified atom stereocenters. The van der Waals surface area contributed by atoms with E-state index >= 15 is 0 Å². The molecule has 0 rings (SSSR count). The van der Waals surface area contributed by atoms with E-state index in [1.165, 1.54) is 0 Å². The van der Waals surface area contributed by atoms with Crippen LogP contribution in [0.4, 0.5) is 0 Å². The molecule has 0 amide bonds. The summed E-state index contributed by atoms with van der Waals surface area (Å²) < 4.78 is 0. The quantitative estimate of drug-likeness (QED) is 0.540. The molecule has 0 saturated carbocycles. The molecule has 0 aliphatic heterocycles. The Morgan fingerprint density at radius 3 is 2.06 bits per heavy atom. The number of hydrogen-bond acceptors (Lipinski definition) is 2. The van der Waals surface area contributed by atoms with E-state index in [4.69, 9.17) is 0 Å². The van der Waals surface area contributed by atoms with Crippen molar-refractivity contribution < 1.29 is 0 Å². The van der Waals surface area contributed by atoms with Gasteiger partial charge in [-0.3, -0.25) is 9.89 Å². The highest BCUT2D eigenvalue weighted by Crippen LogP contribution is 2.00. The van der Waals surface area contributed by atoms with Crippen molar-refractivity contribution in [2.75, 3.05) is 26.7 Å². The lowest BCUT2D eigenvalue weighted by atomic mass is 10.1. The van der Waals surface area contributed by atoms with Crippen molar-refractivity contribution in [1.82, 2.24) is 15.5 Å². The maximum absolute atomic E-state index is 4.27. The van der Waals surface area contributed by atoms with Gasteiger partial charge in [-0.1, -0.05) is 27.7 Å². The average Bonchev–Trinajstić information content (AvgIpc) is 2.35. The van der Waals surface area contributed by atoms with E-state index in [9.17, 15) is 0 Å². The Balaban J connectivity index is 4.16. The number of nitrogens with one attached hydrogen (secondary N) is 2. The van der Waals surface area contributed by atoms with Crippen molar-refractivity contribution in [3.05, 3.63) is 0 Å². The summed E-state index contributed by atoms with van der Waals surface area (Å²) >= 11 is 0. The highest BCUT2D eigenvalue weighted by Gasteiger charge is 2.12. The van der Waals surface area contributed by atoms with Crippen molar-refractivity contribution in [2.24, 2.45) is 10.9 Å². The van der Waals surface area contributed by atoms with Crippen LogP contribution in [0.15, 0.2) is 4.99 Å². The second-order valence-corrected chi connectivity index (χ2v) is 5.20. The van der Waals surface area contributed by atoms with Crippen molar-refractivity contribution in [3.8, 4) is 0 Å². The van der Waals surface area contributed by atoms with Gasteiger partial charge in [0.25, 0.3) is 0 Å². The molecule has 0 aliphatic carbocycles. The second-order valence-electron chi connectivity index (χ2n) is 5.20. The normalized spacial score (nSPS) is 15.9. The maximum atomic E-state index is 4.27. The fraction of sp³-hybridized carbons (Fsp3) is 0.929. The molecule has 2 N–H and O–H groups in total. The zero-order valence-corrected chi connectivity index (χ0v) is 13.2. The molecule has 4 heteroatoms. The Labute approximate surface area is 113 Å². The van der Waals surface area contributed by atoms with Gasteiger partial charge < -0.3 is 10.6 Å². The fourth-order valence-corrected chi connectivity index (χ4v) is 1.80. The smallest absolute Gasteiger partial charge is 0.191 e. The molecule has 108 valence electrons. The Hall–Kier alpha value is -0.770. The van der Waals surface area contributed by atoms with E-state index < -0.39 is 0 Å². The molecule has 2 atom stereocenters. The lowest BCUT2D eigenvalue weighted by Crippen LogP contribution is -2.48. The van der Waals surface area contributed by atoms with E-state index in [-0.39, 0.29) is 0 Å². The predicted octanol–water partition coefficient (Wildman–Crippen LogP) is 1.93. The second kappa shape index (κ2) is 9.20. The van der Waals surface area contributed by atoms with Crippen LogP contribution in [0.1, 0.15) is 41.5 Å². The number of hydrogen-bond donors (Lipinski definition) is 2. The standard InChI is InChI=1S/C14H32N4/c1-8-18(9-2)12(5)10-16-14(15-7)17-13(6)11(3)4/h11-13H,8-10H2,1-7H3,(H2,15,16,17). The molecular weight excluding hydrogens is 224 g/mol. The fourth-order valence-electron chi connectivity index (χ4n) is 1.80. The first-order valence-corrected chi connectivity index (χ1v) is 7.17. The van der Waals surface area contributed by atoms with E-state index in [2.05, 4.69) is 62.1 Å². The van der Waals surface area contributed by atoms with Gasteiger partial charge in [0, 0.05) is 25.7 Å². The lowest BCUT2D eigenvalue weighted by Gasteiger charge is -2.28. The topological polar surface area (TPSA) is 39.7 Å². The predicted molar refractivity (Wildman–Crippen MR) is 81.2 cm³/mol. The highest BCUT2D eigenvalue weighted by atomic mass is 15.2. The Bertz CT molecular complexity index is 234. The van der Waals surface area contributed by atoms with E-state index in [0.29, 0.717) is 18.0 Å².